The maximum atomic E-state index is 12.5. The number of nitrogens with zero attached hydrogens (tertiary/aromatic N) is 1. The van der Waals surface area contributed by atoms with E-state index in [0.29, 0.717) is 28.6 Å². The molecule has 0 saturated heterocycles. The van der Waals surface area contributed by atoms with Crippen molar-refractivity contribution in [3.05, 3.63) is 72.4 Å². The molecule has 0 aliphatic rings. The van der Waals surface area contributed by atoms with Crippen LogP contribution >= 0.6 is 0 Å². The zero-order valence-electron chi connectivity index (χ0n) is 17.3. The summed E-state index contributed by atoms with van der Waals surface area (Å²) in [5, 5.41) is 2.79. The second-order valence-electron chi connectivity index (χ2n) is 6.92. The van der Waals surface area contributed by atoms with E-state index in [0.717, 1.165) is 0 Å². The van der Waals surface area contributed by atoms with Gasteiger partial charge in [-0.3, -0.25) is 9.52 Å². The highest BCUT2D eigenvalue weighted by molar-refractivity contribution is 7.92. The fraction of sp³-hybridized carbons (Fsp3) is 0.182. The fourth-order valence-corrected chi connectivity index (χ4v) is 3.66. The Bertz CT molecular complexity index is 1130. The van der Waals surface area contributed by atoms with Gasteiger partial charge in [0.05, 0.1) is 17.6 Å². The minimum absolute atomic E-state index is 0.0316. The molecule has 0 saturated carbocycles. The largest absolute Gasteiger partial charge is 0.497 e. The van der Waals surface area contributed by atoms with E-state index in [4.69, 9.17) is 9.47 Å². The van der Waals surface area contributed by atoms with Crippen LogP contribution in [0.5, 0.6) is 17.4 Å². The lowest BCUT2D eigenvalue weighted by Crippen LogP contribution is -2.30. The lowest BCUT2D eigenvalue weighted by Gasteiger charge is -2.10. The van der Waals surface area contributed by atoms with E-state index in [1.807, 2.05) is 13.8 Å². The Morgan fingerprint density at radius 2 is 1.58 bits per heavy atom. The van der Waals surface area contributed by atoms with Crippen molar-refractivity contribution in [3.8, 4) is 17.4 Å². The monoisotopic (exact) mass is 441 g/mol. The van der Waals surface area contributed by atoms with Crippen LogP contribution in [0.3, 0.4) is 0 Å². The summed E-state index contributed by atoms with van der Waals surface area (Å²) in [6, 6.07) is 15.7. The first-order chi connectivity index (χ1) is 14.8. The van der Waals surface area contributed by atoms with Crippen LogP contribution in [0.25, 0.3) is 0 Å². The summed E-state index contributed by atoms with van der Waals surface area (Å²) in [6.45, 7) is 3.76. The number of carbonyl (C=O) groups excluding carboxylic acids is 1. The van der Waals surface area contributed by atoms with Gasteiger partial charge in [0, 0.05) is 24.0 Å². The third-order valence-corrected chi connectivity index (χ3v) is 5.51. The average Bonchev–Trinajstić information content (AvgIpc) is 2.75. The van der Waals surface area contributed by atoms with Gasteiger partial charge in [-0.15, -0.1) is 0 Å². The summed E-state index contributed by atoms with van der Waals surface area (Å²) >= 11 is 0. The molecule has 0 unspecified atom stereocenters. The molecule has 31 heavy (non-hydrogen) atoms. The molecule has 0 aliphatic carbocycles. The van der Waals surface area contributed by atoms with Gasteiger partial charge in [-0.05, 0) is 68.4 Å². The highest BCUT2D eigenvalue weighted by Crippen LogP contribution is 2.24. The zero-order chi connectivity index (χ0) is 22.4. The van der Waals surface area contributed by atoms with Gasteiger partial charge in [-0.1, -0.05) is 0 Å². The van der Waals surface area contributed by atoms with E-state index in [2.05, 4.69) is 15.0 Å². The Hall–Kier alpha value is -3.59. The molecule has 9 heteroatoms. The Morgan fingerprint density at radius 1 is 0.935 bits per heavy atom. The van der Waals surface area contributed by atoms with E-state index in [-0.39, 0.29) is 16.8 Å². The number of anilines is 1. The predicted molar refractivity (Wildman–Crippen MR) is 117 cm³/mol. The number of hydrogen-bond acceptors (Lipinski definition) is 6. The molecule has 0 radical (unpaired) electrons. The molecular weight excluding hydrogens is 418 g/mol. The highest BCUT2D eigenvalue weighted by Gasteiger charge is 2.14. The van der Waals surface area contributed by atoms with Crippen LogP contribution in [0.1, 0.15) is 24.2 Å². The summed E-state index contributed by atoms with van der Waals surface area (Å²) in [6.07, 6.45) is 1.43. The van der Waals surface area contributed by atoms with Crippen LogP contribution in [0, 0.1) is 0 Å². The minimum Gasteiger partial charge on any atom is -0.497 e. The number of carbonyl (C=O) groups is 1. The SMILES string of the molecule is COc1ccc(S(=O)(=O)Nc2ccc(Oc3ccc(C(=O)NC(C)C)cn3)cc2)cc1. The van der Waals surface area contributed by atoms with Crippen LogP contribution in [0.2, 0.25) is 0 Å². The molecule has 0 spiro atoms. The van der Waals surface area contributed by atoms with Gasteiger partial charge < -0.3 is 14.8 Å². The van der Waals surface area contributed by atoms with Crippen molar-refractivity contribution in [2.75, 3.05) is 11.8 Å². The molecule has 1 aromatic heterocycles. The van der Waals surface area contributed by atoms with Gasteiger partial charge in [0.2, 0.25) is 5.88 Å². The van der Waals surface area contributed by atoms with Crippen molar-refractivity contribution in [2.24, 2.45) is 0 Å². The molecule has 0 fully saturated rings. The van der Waals surface area contributed by atoms with Gasteiger partial charge in [-0.2, -0.15) is 0 Å². The first-order valence-corrected chi connectivity index (χ1v) is 11.0. The molecule has 2 N–H and O–H groups in total. The molecule has 2 aromatic carbocycles. The summed E-state index contributed by atoms with van der Waals surface area (Å²) in [5.41, 5.74) is 0.821. The van der Waals surface area contributed by atoms with Gasteiger partial charge in [0.1, 0.15) is 11.5 Å². The van der Waals surface area contributed by atoms with E-state index in [1.54, 1.807) is 48.5 Å². The number of ether oxygens (including phenoxy) is 2. The standard InChI is InChI=1S/C22H23N3O5S/c1-15(2)24-22(26)16-4-13-21(23-14-16)30-19-7-5-17(6-8-19)25-31(27,28)20-11-9-18(29-3)10-12-20/h4-15,25H,1-3H3,(H,24,26). The van der Waals surface area contributed by atoms with Crippen LogP contribution in [-0.4, -0.2) is 32.5 Å². The maximum Gasteiger partial charge on any atom is 0.261 e. The molecule has 0 atom stereocenters. The summed E-state index contributed by atoms with van der Waals surface area (Å²) in [5.74, 6) is 1.15. The van der Waals surface area contributed by atoms with Crippen molar-refractivity contribution in [1.29, 1.82) is 0 Å². The summed E-state index contributed by atoms with van der Waals surface area (Å²) in [7, 11) is -2.22. The van der Waals surface area contributed by atoms with E-state index in [1.165, 1.54) is 25.4 Å². The molecular formula is C22H23N3O5S. The number of nitrogens with one attached hydrogen (secondary N) is 2. The number of methoxy groups -OCH3 is 1. The lowest BCUT2D eigenvalue weighted by molar-refractivity contribution is 0.0942. The second kappa shape index (κ2) is 9.48. The number of benzene rings is 2. The molecule has 1 amide bonds. The predicted octanol–water partition coefficient (Wildman–Crippen LogP) is 3.82. The topological polar surface area (TPSA) is 107 Å². The van der Waals surface area contributed by atoms with Crippen LogP contribution in [0.15, 0.2) is 71.8 Å². The normalized spacial score (nSPS) is 11.1. The first-order valence-electron chi connectivity index (χ1n) is 9.48. The Kier molecular flexibility index (Phi) is 6.76. The Morgan fingerprint density at radius 3 is 2.13 bits per heavy atom. The fourth-order valence-electron chi connectivity index (χ4n) is 2.60. The molecule has 1 heterocycles. The number of sulfonamides is 1. The van der Waals surface area contributed by atoms with Crippen molar-refractivity contribution in [2.45, 2.75) is 24.8 Å². The minimum atomic E-state index is -3.73. The number of pyridine rings is 1. The second-order valence-corrected chi connectivity index (χ2v) is 8.60. The lowest BCUT2D eigenvalue weighted by atomic mass is 10.2. The molecule has 0 bridgehead atoms. The molecule has 3 aromatic rings. The van der Waals surface area contributed by atoms with Gasteiger partial charge in [0.15, 0.2) is 0 Å². The third-order valence-electron chi connectivity index (χ3n) is 4.12. The van der Waals surface area contributed by atoms with E-state index >= 15 is 0 Å². The Balaban J connectivity index is 1.64. The smallest absolute Gasteiger partial charge is 0.261 e. The number of aromatic nitrogens is 1. The van der Waals surface area contributed by atoms with Crippen molar-refractivity contribution in [1.82, 2.24) is 10.3 Å². The number of amides is 1. The molecule has 3 rings (SSSR count). The van der Waals surface area contributed by atoms with Crippen molar-refractivity contribution in [3.63, 3.8) is 0 Å². The summed E-state index contributed by atoms with van der Waals surface area (Å²) < 4.78 is 38.2. The number of rotatable bonds is 8. The van der Waals surface area contributed by atoms with Gasteiger partial charge in [-0.25, -0.2) is 13.4 Å². The highest BCUT2D eigenvalue weighted by atomic mass is 32.2. The number of hydrogen-bond donors (Lipinski definition) is 2. The van der Waals surface area contributed by atoms with Crippen molar-refractivity contribution >= 4 is 21.6 Å². The van der Waals surface area contributed by atoms with Gasteiger partial charge >= 0.3 is 0 Å². The van der Waals surface area contributed by atoms with Gasteiger partial charge in [0.25, 0.3) is 15.9 Å². The average molecular weight is 442 g/mol. The van der Waals surface area contributed by atoms with Crippen molar-refractivity contribution < 1.29 is 22.7 Å². The zero-order valence-corrected chi connectivity index (χ0v) is 18.1. The third kappa shape index (κ3) is 5.95. The molecule has 0 aliphatic heterocycles. The van der Waals surface area contributed by atoms with E-state index < -0.39 is 10.0 Å². The van der Waals surface area contributed by atoms with Crippen LogP contribution in [0.4, 0.5) is 5.69 Å². The van der Waals surface area contributed by atoms with Crippen LogP contribution < -0.4 is 19.5 Å². The molecule has 162 valence electrons. The van der Waals surface area contributed by atoms with E-state index in [9.17, 15) is 13.2 Å². The Labute approximate surface area is 181 Å². The maximum absolute atomic E-state index is 12.5. The summed E-state index contributed by atoms with van der Waals surface area (Å²) in [4.78, 5) is 16.2. The molecule has 8 nitrogen and oxygen atoms in total. The van der Waals surface area contributed by atoms with Crippen LogP contribution in [-0.2, 0) is 10.0 Å². The first kappa shape index (κ1) is 22.1. The quantitative estimate of drug-likeness (QED) is 0.550.